The van der Waals surface area contributed by atoms with Crippen LogP contribution < -0.4 is 10.1 Å². The van der Waals surface area contributed by atoms with Crippen molar-refractivity contribution in [2.45, 2.75) is 33.2 Å². The predicted octanol–water partition coefficient (Wildman–Crippen LogP) is 4.60. The SMILES string of the molecule is CCCCOc1ccc(C(=O)NCc2ccc3c(c2)cc(C)n3C)cc1. The molecule has 0 radical (unpaired) electrons. The highest BCUT2D eigenvalue weighted by molar-refractivity contribution is 5.94. The van der Waals surface area contributed by atoms with Crippen molar-refractivity contribution in [2.75, 3.05) is 6.61 Å². The Morgan fingerprint density at radius 1 is 1.12 bits per heavy atom. The Kier molecular flexibility index (Phi) is 5.61. The van der Waals surface area contributed by atoms with Crippen molar-refractivity contribution in [1.29, 1.82) is 0 Å². The van der Waals surface area contributed by atoms with Crippen LogP contribution in [-0.4, -0.2) is 17.1 Å². The second-order valence-electron chi connectivity index (χ2n) is 6.65. The largest absolute Gasteiger partial charge is 0.494 e. The molecule has 0 aliphatic rings. The lowest BCUT2D eigenvalue weighted by Crippen LogP contribution is -2.22. The molecule has 0 aliphatic heterocycles. The number of nitrogens with zero attached hydrogens (tertiary/aromatic N) is 1. The Hall–Kier alpha value is -2.75. The van der Waals surface area contributed by atoms with Crippen LogP contribution in [0.5, 0.6) is 5.75 Å². The van der Waals surface area contributed by atoms with Gasteiger partial charge < -0.3 is 14.6 Å². The average molecular weight is 350 g/mol. The molecule has 1 amide bonds. The lowest BCUT2D eigenvalue weighted by molar-refractivity contribution is 0.0951. The van der Waals surface area contributed by atoms with E-state index in [0.29, 0.717) is 18.7 Å². The molecule has 0 fully saturated rings. The third kappa shape index (κ3) is 4.07. The van der Waals surface area contributed by atoms with Crippen molar-refractivity contribution in [3.05, 3.63) is 65.4 Å². The van der Waals surface area contributed by atoms with Gasteiger partial charge >= 0.3 is 0 Å². The Bertz CT molecular complexity index is 894. The average Bonchev–Trinajstić information content (AvgIpc) is 2.94. The molecule has 0 unspecified atom stereocenters. The number of fused-ring (bicyclic) bond motifs is 1. The number of ether oxygens (including phenoxy) is 1. The van der Waals surface area contributed by atoms with E-state index in [4.69, 9.17) is 4.74 Å². The summed E-state index contributed by atoms with van der Waals surface area (Å²) < 4.78 is 7.80. The van der Waals surface area contributed by atoms with E-state index in [1.165, 1.54) is 16.6 Å². The fourth-order valence-corrected chi connectivity index (χ4v) is 2.97. The highest BCUT2D eigenvalue weighted by Crippen LogP contribution is 2.20. The Balaban J connectivity index is 1.59. The second-order valence-corrected chi connectivity index (χ2v) is 6.65. The number of carbonyl (C=O) groups is 1. The first-order valence-corrected chi connectivity index (χ1v) is 9.14. The zero-order chi connectivity index (χ0) is 18.5. The minimum absolute atomic E-state index is 0.0746. The van der Waals surface area contributed by atoms with E-state index in [1.807, 2.05) is 12.1 Å². The number of unbranched alkanes of at least 4 members (excludes halogenated alkanes) is 1. The highest BCUT2D eigenvalue weighted by atomic mass is 16.5. The van der Waals surface area contributed by atoms with Gasteiger partial charge in [-0.05, 0) is 61.4 Å². The van der Waals surface area contributed by atoms with Gasteiger partial charge in [0.15, 0.2) is 0 Å². The van der Waals surface area contributed by atoms with Crippen LogP contribution in [0.1, 0.15) is 41.4 Å². The maximum absolute atomic E-state index is 12.4. The van der Waals surface area contributed by atoms with Crippen molar-refractivity contribution >= 4 is 16.8 Å². The lowest BCUT2D eigenvalue weighted by atomic mass is 10.1. The number of hydrogen-bond donors (Lipinski definition) is 1. The smallest absolute Gasteiger partial charge is 0.251 e. The van der Waals surface area contributed by atoms with Gasteiger partial charge in [0.2, 0.25) is 0 Å². The predicted molar refractivity (Wildman–Crippen MR) is 106 cm³/mol. The zero-order valence-corrected chi connectivity index (χ0v) is 15.7. The molecule has 3 rings (SSSR count). The number of carbonyl (C=O) groups excluding carboxylic acids is 1. The van der Waals surface area contributed by atoms with Gasteiger partial charge in [-0.1, -0.05) is 19.4 Å². The van der Waals surface area contributed by atoms with E-state index in [-0.39, 0.29) is 5.91 Å². The summed E-state index contributed by atoms with van der Waals surface area (Å²) in [5.41, 5.74) is 4.17. The molecule has 4 heteroatoms. The molecule has 0 spiro atoms. The van der Waals surface area contributed by atoms with E-state index >= 15 is 0 Å². The molecule has 0 saturated heterocycles. The quantitative estimate of drug-likeness (QED) is 0.633. The first-order chi connectivity index (χ1) is 12.6. The van der Waals surface area contributed by atoms with Crippen LogP contribution in [0.2, 0.25) is 0 Å². The molecule has 0 atom stereocenters. The van der Waals surface area contributed by atoms with E-state index in [2.05, 4.69) is 55.0 Å². The first kappa shape index (κ1) is 18.1. The normalized spacial score (nSPS) is 10.9. The van der Waals surface area contributed by atoms with Crippen LogP contribution in [0.15, 0.2) is 48.5 Å². The van der Waals surface area contributed by atoms with Crippen molar-refractivity contribution in [3.63, 3.8) is 0 Å². The maximum Gasteiger partial charge on any atom is 0.251 e. The number of aryl methyl sites for hydroxylation is 2. The molecule has 2 aromatic carbocycles. The van der Waals surface area contributed by atoms with Gasteiger partial charge in [0.25, 0.3) is 5.91 Å². The van der Waals surface area contributed by atoms with Crippen LogP contribution in [0.25, 0.3) is 10.9 Å². The van der Waals surface area contributed by atoms with E-state index in [1.54, 1.807) is 12.1 Å². The van der Waals surface area contributed by atoms with Crippen molar-refractivity contribution in [2.24, 2.45) is 7.05 Å². The molecular formula is C22H26N2O2. The maximum atomic E-state index is 12.4. The van der Waals surface area contributed by atoms with Crippen LogP contribution in [-0.2, 0) is 13.6 Å². The van der Waals surface area contributed by atoms with Gasteiger partial charge in [-0.15, -0.1) is 0 Å². The number of aromatic nitrogens is 1. The number of amides is 1. The molecule has 1 aromatic heterocycles. The highest BCUT2D eigenvalue weighted by Gasteiger charge is 2.07. The van der Waals surface area contributed by atoms with E-state index in [0.717, 1.165) is 24.2 Å². The summed E-state index contributed by atoms with van der Waals surface area (Å²) in [7, 11) is 2.06. The lowest BCUT2D eigenvalue weighted by Gasteiger charge is -2.08. The van der Waals surface area contributed by atoms with Crippen LogP contribution in [0.3, 0.4) is 0 Å². The summed E-state index contributed by atoms with van der Waals surface area (Å²) in [6.45, 7) is 5.45. The summed E-state index contributed by atoms with van der Waals surface area (Å²) in [5.74, 6) is 0.731. The summed E-state index contributed by atoms with van der Waals surface area (Å²) in [4.78, 5) is 12.4. The zero-order valence-electron chi connectivity index (χ0n) is 15.7. The molecule has 3 aromatic rings. The van der Waals surface area contributed by atoms with Gasteiger partial charge in [0.1, 0.15) is 5.75 Å². The van der Waals surface area contributed by atoms with Crippen LogP contribution in [0, 0.1) is 6.92 Å². The third-order valence-electron chi connectivity index (χ3n) is 4.68. The number of rotatable bonds is 7. The standard InChI is InChI=1S/C22H26N2O2/c1-4-5-12-26-20-9-7-18(8-10-20)22(25)23-15-17-6-11-21-19(14-17)13-16(2)24(21)3/h6-11,13-14H,4-5,12,15H2,1-3H3,(H,23,25). The first-order valence-electron chi connectivity index (χ1n) is 9.14. The Morgan fingerprint density at radius 2 is 1.88 bits per heavy atom. The Morgan fingerprint density at radius 3 is 2.62 bits per heavy atom. The number of hydrogen-bond acceptors (Lipinski definition) is 2. The number of benzene rings is 2. The van der Waals surface area contributed by atoms with Gasteiger partial charge in [0.05, 0.1) is 6.61 Å². The van der Waals surface area contributed by atoms with E-state index in [9.17, 15) is 4.79 Å². The molecule has 26 heavy (non-hydrogen) atoms. The van der Waals surface area contributed by atoms with Gasteiger partial charge in [-0.2, -0.15) is 0 Å². The molecule has 0 aliphatic carbocycles. The number of nitrogens with one attached hydrogen (secondary N) is 1. The van der Waals surface area contributed by atoms with Crippen molar-refractivity contribution < 1.29 is 9.53 Å². The van der Waals surface area contributed by atoms with Gasteiger partial charge in [-0.25, -0.2) is 0 Å². The minimum atomic E-state index is -0.0746. The van der Waals surface area contributed by atoms with Crippen molar-refractivity contribution in [1.82, 2.24) is 9.88 Å². The summed E-state index contributed by atoms with van der Waals surface area (Å²) >= 11 is 0. The molecule has 0 saturated carbocycles. The Labute approximate surface area is 154 Å². The van der Waals surface area contributed by atoms with Gasteiger partial charge in [0, 0.05) is 35.8 Å². The molecule has 136 valence electrons. The minimum Gasteiger partial charge on any atom is -0.494 e. The molecule has 1 heterocycles. The monoisotopic (exact) mass is 350 g/mol. The summed E-state index contributed by atoms with van der Waals surface area (Å²) in [5, 5.41) is 4.19. The van der Waals surface area contributed by atoms with Crippen LogP contribution in [0.4, 0.5) is 0 Å². The summed E-state index contributed by atoms with van der Waals surface area (Å²) in [6.07, 6.45) is 2.14. The molecule has 1 N–H and O–H groups in total. The summed E-state index contributed by atoms with van der Waals surface area (Å²) in [6, 6.07) is 15.8. The fourth-order valence-electron chi connectivity index (χ4n) is 2.97. The van der Waals surface area contributed by atoms with E-state index < -0.39 is 0 Å². The fraction of sp³-hybridized carbons (Fsp3) is 0.318. The van der Waals surface area contributed by atoms with Gasteiger partial charge in [-0.3, -0.25) is 4.79 Å². The molecule has 0 bridgehead atoms. The third-order valence-corrected chi connectivity index (χ3v) is 4.68. The molecule has 4 nitrogen and oxygen atoms in total. The molecular weight excluding hydrogens is 324 g/mol. The van der Waals surface area contributed by atoms with Crippen LogP contribution >= 0.6 is 0 Å². The second kappa shape index (κ2) is 8.09. The van der Waals surface area contributed by atoms with Crippen molar-refractivity contribution in [3.8, 4) is 5.75 Å². The topological polar surface area (TPSA) is 43.3 Å².